The van der Waals surface area contributed by atoms with Gasteiger partial charge in [0.05, 0.1) is 0 Å². The summed E-state index contributed by atoms with van der Waals surface area (Å²) in [6.45, 7) is 39.0. The minimum Gasteiger partial charge on any atom is -0.0622 e. The number of hydrogen-bond donors (Lipinski definition) is 0. The largest absolute Gasteiger partial charge is 0.0622 e. The lowest BCUT2D eigenvalue weighted by Gasteiger charge is -2.47. The highest BCUT2D eigenvalue weighted by Crippen LogP contribution is 2.53. The molecule has 0 saturated carbocycles. The molecule has 2 aromatic rings. The van der Waals surface area contributed by atoms with E-state index in [1.54, 1.807) is 33.4 Å². The smallest absolute Gasteiger partial charge is 0.0126 e. The van der Waals surface area contributed by atoms with Gasteiger partial charge >= 0.3 is 0 Å². The van der Waals surface area contributed by atoms with Crippen molar-refractivity contribution in [2.24, 2.45) is 0 Å². The van der Waals surface area contributed by atoms with Crippen LogP contribution >= 0.6 is 0 Å². The maximum Gasteiger partial charge on any atom is -0.0126 e. The maximum absolute atomic E-state index is 2.47. The van der Waals surface area contributed by atoms with Crippen molar-refractivity contribution in [1.82, 2.24) is 0 Å². The second-order valence-electron chi connectivity index (χ2n) is 16.1. The zero-order valence-electron chi connectivity index (χ0n) is 26.2. The molecule has 0 heteroatoms. The van der Waals surface area contributed by atoms with Gasteiger partial charge in [0, 0.05) is 0 Å². The van der Waals surface area contributed by atoms with Crippen molar-refractivity contribution in [3.63, 3.8) is 0 Å². The first-order chi connectivity index (χ1) is 15.5. The highest BCUT2D eigenvalue weighted by Gasteiger charge is 2.43. The molecule has 0 aliphatic heterocycles. The van der Waals surface area contributed by atoms with Crippen LogP contribution in [0.2, 0.25) is 0 Å². The fourth-order valence-electron chi connectivity index (χ4n) is 6.14. The average molecular weight is 477 g/mol. The van der Waals surface area contributed by atoms with Crippen molar-refractivity contribution in [3.05, 3.63) is 69.3 Å². The normalized spacial score (nSPS) is 14.9. The van der Waals surface area contributed by atoms with E-state index in [1.807, 2.05) is 0 Å². The van der Waals surface area contributed by atoms with E-state index in [4.69, 9.17) is 0 Å². The van der Waals surface area contributed by atoms with Gasteiger partial charge in [0.15, 0.2) is 0 Å². The van der Waals surface area contributed by atoms with Crippen LogP contribution < -0.4 is 0 Å². The topological polar surface area (TPSA) is 0 Å². The first-order valence-corrected chi connectivity index (χ1v) is 13.8. The third-order valence-electron chi connectivity index (χ3n) is 7.17. The monoisotopic (exact) mass is 476 g/mol. The Hall–Kier alpha value is -1.56. The molecular weight excluding hydrogens is 420 g/mol. The maximum atomic E-state index is 2.47. The molecule has 0 saturated heterocycles. The van der Waals surface area contributed by atoms with Gasteiger partial charge in [-0.2, -0.15) is 0 Å². The van der Waals surface area contributed by atoms with Crippen molar-refractivity contribution in [1.29, 1.82) is 0 Å². The van der Waals surface area contributed by atoms with Crippen molar-refractivity contribution in [3.8, 4) is 0 Å². The van der Waals surface area contributed by atoms with Gasteiger partial charge in [-0.15, -0.1) is 0 Å². The van der Waals surface area contributed by atoms with Crippen molar-refractivity contribution in [2.75, 3.05) is 0 Å². The standard InChI is InChI=1S/C35H56/c1-23(22-24-20-18-17-19-21-24)25-26(31(2,3)4)28(33(8,9)10)30(35(14,15)16)29(34(11,12)13)27(25)32(5,6)7/h17-21,23H,22H2,1-16H3. The Balaban J connectivity index is 3.31. The summed E-state index contributed by atoms with van der Waals surface area (Å²) in [5.41, 5.74) is 11.2. The minimum atomic E-state index is 0.0410. The Morgan fingerprint density at radius 2 is 0.743 bits per heavy atom. The van der Waals surface area contributed by atoms with Crippen LogP contribution in [-0.4, -0.2) is 0 Å². The summed E-state index contributed by atoms with van der Waals surface area (Å²) in [5, 5.41) is 0. The molecule has 0 aliphatic carbocycles. The zero-order valence-corrected chi connectivity index (χ0v) is 26.2. The van der Waals surface area contributed by atoms with E-state index in [-0.39, 0.29) is 27.1 Å². The molecule has 0 bridgehead atoms. The Kier molecular flexibility index (Phi) is 7.96. The summed E-state index contributed by atoms with van der Waals surface area (Å²) < 4.78 is 0. The summed E-state index contributed by atoms with van der Waals surface area (Å²) in [5.74, 6) is 0.428. The van der Waals surface area contributed by atoms with E-state index in [0.717, 1.165) is 6.42 Å². The zero-order chi connectivity index (χ0) is 27.4. The Morgan fingerprint density at radius 3 is 1.03 bits per heavy atom. The highest BCUT2D eigenvalue weighted by molar-refractivity contribution is 5.63. The number of rotatable bonds is 3. The lowest BCUT2D eigenvalue weighted by Crippen LogP contribution is -2.37. The predicted octanol–water partition coefficient (Wildman–Crippen LogP) is 10.5. The van der Waals surface area contributed by atoms with E-state index < -0.39 is 0 Å². The molecule has 0 spiro atoms. The Labute approximate surface area is 219 Å². The third kappa shape index (κ3) is 6.42. The van der Waals surface area contributed by atoms with Gasteiger partial charge in [0.2, 0.25) is 0 Å². The van der Waals surface area contributed by atoms with Gasteiger partial charge in [0.25, 0.3) is 0 Å². The Bertz CT molecular complexity index is 961. The fraction of sp³-hybridized carbons (Fsp3) is 0.657. The lowest BCUT2D eigenvalue weighted by molar-refractivity contribution is 0.449. The van der Waals surface area contributed by atoms with Crippen LogP contribution in [0.4, 0.5) is 0 Å². The molecule has 0 radical (unpaired) electrons. The molecule has 0 heterocycles. The summed E-state index contributed by atoms with van der Waals surface area (Å²) >= 11 is 0. The van der Waals surface area contributed by atoms with Gasteiger partial charge in [0.1, 0.15) is 0 Å². The van der Waals surface area contributed by atoms with E-state index >= 15 is 0 Å². The molecule has 2 rings (SSSR count). The SMILES string of the molecule is CC(Cc1ccccc1)c1c(C(C)(C)C)c(C(C)(C)C)c(C(C)(C)C)c(C(C)(C)C)c1C(C)(C)C. The third-order valence-corrected chi connectivity index (χ3v) is 7.17. The molecule has 0 fully saturated rings. The molecule has 0 N–H and O–H groups in total. The summed E-state index contributed by atoms with van der Waals surface area (Å²) in [6, 6.07) is 11.1. The fourth-order valence-corrected chi connectivity index (χ4v) is 6.14. The van der Waals surface area contributed by atoms with Gasteiger partial charge in [-0.1, -0.05) is 141 Å². The molecule has 2 aromatic carbocycles. The van der Waals surface area contributed by atoms with Gasteiger partial charge < -0.3 is 0 Å². The van der Waals surface area contributed by atoms with Crippen LogP contribution in [0.1, 0.15) is 156 Å². The van der Waals surface area contributed by atoms with Gasteiger partial charge in [-0.05, 0) is 78.4 Å². The lowest BCUT2D eigenvalue weighted by atomic mass is 9.58. The number of hydrogen-bond acceptors (Lipinski definition) is 0. The molecule has 0 aromatic heterocycles. The Morgan fingerprint density at radius 1 is 0.457 bits per heavy atom. The van der Waals surface area contributed by atoms with Crippen molar-refractivity contribution in [2.45, 2.75) is 150 Å². The first-order valence-electron chi connectivity index (χ1n) is 13.8. The highest BCUT2D eigenvalue weighted by atomic mass is 14.5. The summed E-state index contributed by atoms with van der Waals surface area (Å²) in [6.07, 6.45) is 1.06. The minimum absolute atomic E-state index is 0.0410. The van der Waals surface area contributed by atoms with Crippen LogP contribution in [0.15, 0.2) is 30.3 Å². The second-order valence-corrected chi connectivity index (χ2v) is 16.1. The van der Waals surface area contributed by atoms with Gasteiger partial charge in [-0.25, -0.2) is 0 Å². The molecule has 0 aliphatic rings. The molecule has 0 amide bonds. The summed E-state index contributed by atoms with van der Waals surface area (Å²) in [7, 11) is 0. The van der Waals surface area contributed by atoms with Crippen LogP contribution in [0.25, 0.3) is 0 Å². The predicted molar refractivity (Wildman–Crippen MR) is 159 cm³/mol. The quantitative estimate of drug-likeness (QED) is 0.413. The number of benzene rings is 2. The summed E-state index contributed by atoms with van der Waals surface area (Å²) in [4.78, 5) is 0. The van der Waals surface area contributed by atoms with Crippen LogP contribution in [-0.2, 0) is 33.5 Å². The molecule has 0 nitrogen and oxygen atoms in total. The molecular formula is C35H56. The molecule has 35 heavy (non-hydrogen) atoms. The van der Waals surface area contributed by atoms with Crippen molar-refractivity contribution >= 4 is 0 Å². The van der Waals surface area contributed by atoms with Crippen molar-refractivity contribution < 1.29 is 0 Å². The van der Waals surface area contributed by atoms with Crippen LogP contribution in [0.3, 0.4) is 0 Å². The second kappa shape index (κ2) is 9.39. The van der Waals surface area contributed by atoms with Gasteiger partial charge in [-0.3, -0.25) is 0 Å². The van der Waals surface area contributed by atoms with Crippen LogP contribution in [0, 0.1) is 0 Å². The first kappa shape index (κ1) is 29.7. The van der Waals surface area contributed by atoms with E-state index in [0.29, 0.717) is 5.92 Å². The van der Waals surface area contributed by atoms with E-state index in [9.17, 15) is 0 Å². The molecule has 196 valence electrons. The molecule has 1 atom stereocenters. The van der Waals surface area contributed by atoms with Crippen LogP contribution in [0.5, 0.6) is 0 Å². The van der Waals surface area contributed by atoms with E-state index in [2.05, 4.69) is 141 Å². The average Bonchev–Trinajstić information content (AvgIpc) is 2.62. The molecule has 1 unspecified atom stereocenters. The van der Waals surface area contributed by atoms with E-state index in [1.165, 1.54) is 5.56 Å².